The summed E-state index contributed by atoms with van der Waals surface area (Å²) in [4.78, 5) is 0. The van der Waals surface area contributed by atoms with Crippen LogP contribution >= 0.6 is 0 Å². The van der Waals surface area contributed by atoms with Gasteiger partial charge in [0, 0.05) is 13.0 Å². The molecule has 0 radical (unpaired) electrons. The van der Waals surface area contributed by atoms with Gasteiger partial charge in [-0.3, -0.25) is 0 Å². The molecule has 2 aromatic rings. The number of ether oxygens (including phenoxy) is 2. The lowest BCUT2D eigenvalue weighted by Gasteiger charge is -2.26. The van der Waals surface area contributed by atoms with Gasteiger partial charge in [-0.05, 0) is 30.7 Å². The van der Waals surface area contributed by atoms with Gasteiger partial charge in [-0.25, -0.2) is 9.07 Å². The molecule has 3 rings (SSSR count). The summed E-state index contributed by atoms with van der Waals surface area (Å²) in [6.07, 6.45) is 2.74. The lowest BCUT2D eigenvalue weighted by atomic mass is 10.1. The summed E-state index contributed by atoms with van der Waals surface area (Å²) in [5, 5.41) is 17.7. The molecular formula is C15H18FN3O3. The van der Waals surface area contributed by atoms with Crippen molar-refractivity contribution in [3.63, 3.8) is 0 Å². The van der Waals surface area contributed by atoms with Crippen molar-refractivity contribution in [1.29, 1.82) is 0 Å². The van der Waals surface area contributed by atoms with Crippen LogP contribution in [0.2, 0.25) is 0 Å². The first kappa shape index (κ1) is 14.9. The second-order valence-corrected chi connectivity index (χ2v) is 5.35. The summed E-state index contributed by atoms with van der Waals surface area (Å²) in [6, 6.07) is 5.82. The molecule has 1 fully saturated rings. The van der Waals surface area contributed by atoms with Crippen LogP contribution in [-0.4, -0.2) is 38.9 Å². The number of benzene rings is 1. The third kappa shape index (κ3) is 4.02. The van der Waals surface area contributed by atoms with Crippen LogP contribution in [0, 0.1) is 5.82 Å². The predicted molar refractivity (Wildman–Crippen MR) is 75.7 cm³/mol. The molecule has 1 aromatic heterocycles. The molecule has 0 saturated carbocycles. The minimum atomic E-state index is -0.302. The van der Waals surface area contributed by atoms with E-state index in [9.17, 15) is 9.50 Å². The van der Waals surface area contributed by atoms with Crippen LogP contribution in [0.4, 0.5) is 4.39 Å². The molecule has 7 heteroatoms. The Balaban J connectivity index is 1.51. The van der Waals surface area contributed by atoms with Crippen LogP contribution in [0.25, 0.3) is 0 Å². The molecule has 22 heavy (non-hydrogen) atoms. The maximum absolute atomic E-state index is 12.8. The van der Waals surface area contributed by atoms with Gasteiger partial charge in [0.1, 0.15) is 23.9 Å². The summed E-state index contributed by atoms with van der Waals surface area (Å²) in [7, 11) is 0. The molecule has 0 amide bonds. The van der Waals surface area contributed by atoms with Crippen molar-refractivity contribution in [2.75, 3.05) is 6.61 Å². The monoisotopic (exact) mass is 307 g/mol. The van der Waals surface area contributed by atoms with Crippen molar-refractivity contribution in [3.8, 4) is 5.75 Å². The molecule has 2 unspecified atom stereocenters. The third-order valence-electron chi connectivity index (χ3n) is 3.52. The highest BCUT2D eigenvalue weighted by Crippen LogP contribution is 2.16. The predicted octanol–water partition coefficient (Wildman–Crippen LogP) is 1.54. The first-order chi connectivity index (χ1) is 10.7. The van der Waals surface area contributed by atoms with Gasteiger partial charge in [0.2, 0.25) is 0 Å². The van der Waals surface area contributed by atoms with Gasteiger partial charge in [0.15, 0.2) is 0 Å². The Morgan fingerprint density at radius 1 is 1.36 bits per heavy atom. The molecule has 1 saturated heterocycles. The molecule has 118 valence electrons. The van der Waals surface area contributed by atoms with E-state index in [1.54, 1.807) is 23.0 Å². The topological polar surface area (TPSA) is 69.4 Å². The zero-order chi connectivity index (χ0) is 15.4. The van der Waals surface area contributed by atoms with Crippen LogP contribution < -0.4 is 4.74 Å². The number of nitrogens with zero attached hydrogens (tertiary/aromatic N) is 3. The number of aliphatic hydroxyl groups excluding tert-OH is 1. The molecule has 0 bridgehead atoms. The fourth-order valence-corrected chi connectivity index (χ4v) is 2.38. The molecule has 1 aliphatic heterocycles. The van der Waals surface area contributed by atoms with E-state index in [0.29, 0.717) is 37.4 Å². The van der Waals surface area contributed by atoms with Crippen molar-refractivity contribution < 1.29 is 19.0 Å². The van der Waals surface area contributed by atoms with E-state index in [-0.39, 0.29) is 24.6 Å². The zero-order valence-electron chi connectivity index (χ0n) is 12.1. The molecule has 1 aliphatic rings. The van der Waals surface area contributed by atoms with Crippen LogP contribution in [0.3, 0.4) is 0 Å². The normalized spacial score (nSPS) is 21.7. The van der Waals surface area contributed by atoms with Crippen LogP contribution in [-0.2, 0) is 17.9 Å². The maximum Gasteiger partial charge on any atom is 0.134 e. The standard InChI is InChI=1S/C15H18FN3O3/c16-11-1-3-14(4-2-11)22-10-12-8-19(18-17-12)9-15-7-13(20)5-6-21-15/h1-4,8,13,15,20H,5-7,9-10H2. The highest BCUT2D eigenvalue weighted by atomic mass is 19.1. The minimum absolute atomic E-state index is 0.0451. The summed E-state index contributed by atoms with van der Waals surface area (Å²) in [5.41, 5.74) is 0.681. The molecule has 2 heterocycles. The Labute approximate surface area is 127 Å². The fourth-order valence-electron chi connectivity index (χ4n) is 2.38. The number of halogens is 1. The molecular weight excluding hydrogens is 289 g/mol. The Morgan fingerprint density at radius 2 is 2.18 bits per heavy atom. The van der Waals surface area contributed by atoms with Gasteiger partial charge in [-0.15, -0.1) is 5.10 Å². The third-order valence-corrected chi connectivity index (χ3v) is 3.52. The van der Waals surface area contributed by atoms with E-state index in [2.05, 4.69) is 10.3 Å². The molecule has 0 spiro atoms. The summed E-state index contributed by atoms with van der Waals surface area (Å²) in [5.74, 6) is 0.280. The highest BCUT2D eigenvalue weighted by Gasteiger charge is 2.21. The largest absolute Gasteiger partial charge is 0.487 e. The molecule has 1 N–H and O–H groups in total. The second-order valence-electron chi connectivity index (χ2n) is 5.35. The number of hydrogen-bond donors (Lipinski definition) is 1. The van der Waals surface area contributed by atoms with E-state index in [0.717, 1.165) is 0 Å². The fraction of sp³-hybridized carbons (Fsp3) is 0.467. The zero-order valence-corrected chi connectivity index (χ0v) is 12.1. The van der Waals surface area contributed by atoms with Crippen molar-refractivity contribution in [3.05, 3.63) is 42.0 Å². The Morgan fingerprint density at radius 3 is 2.95 bits per heavy atom. The second kappa shape index (κ2) is 6.85. The Bertz CT molecular complexity index is 602. The molecule has 0 aliphatic carbocycles. The Kier molecular flexibility index (Phi) is 4.65. The van der Waals surface area contributed by atoms with Gasteiger partial charge >= 0.3 is 0 Å². The number of aliphatic hydroxyl groups is 1. The van der Waals surface area contributed by atoms with E-state index in [4.69, 9.17) is 9.47 Å². The van der Waals surface area contributed by atoms with Crippen molar-refractivity contribution >= 4 is 0 Å². The highest BCUT2D eigenvalue weighted by molar-refractivity contribution is 5.22. The first-order valence-corrected chi connectivity index (χ1v) is 7.26. The number of hydrogen-bond acceptors (Lipinski definition) is 5. The maximum atomic E-state index is 12.8. The van der Waals surface area contributed by atoms with Crippen LogP contribution in [0.5, 0.6) is 5.75 Å². The molecule has 6 nitrogen and oxygen atoms in total. The SMILES string of the molecule is OC1CCOC(Cn2cc(COc3ccc(F)cc3)nn2)C1. The lowest BCUT2D eigenvalue weighted by molar-refractivity contribution is -0.0512. The van der Waals surface area contributed by atoms with E-state index >= 15 is 0 Å². The van der Waals surface area contributed by atoms with Crippen molar-refractivity contribution in [2.24, 2.45) is 0 Å². The molecule has 1 aromatic carbocycles. The first-order valence-electron chi connectivity index (χ1n) is 7.26. The lowest BCUT2D eigenvalue weighted by Crippen LogP contribution is -2.32. The smallest absolute Gasteiger partial charge is 0.134 e. The molecule has 2 atom stereocenters. The van der Waals surface area contributed by atoms with E-state index < -0.39 is 0 Å². The summed E-state index contributed by atoms with van der Waals surface area (Å²) in [6.45, 7) is 1.39. The Hall–Kier alpha value is -1.99. The average molecular weight is 307 g/mol. The van der Waals surface area contributed by atoms with Crippen LogP contribution in [0.15, 0.2) is 30.5 Å². The van der Waals surface area contributed by atoms with Gasteiger partial charge in [-0.2, -0.15) is 0 Å². The van der Waals surface area contributed by atoms with Gasteiger partial charge in [0.25, 0.3) is 0 Å². The summed E-state index contributed by atoms with van der Waals surface area (Å²) >= 11 is 0. The van der Waals surface area contributed by atoms with Crippen molar-refractivity contribution in [2.45, 2.75) is 38.2 Å². The summed E-state index contributed by atoms with van der Waals surface area (Å²) < 4.78 is 25.6. The number of rotatable bonds is 5. The van der Waals surface area contributed by atoms with E-state index in [1.807, 2.05) is 0 Å². The van der Waals surface area contributed by atoms with Crippen LogP contribution in [0.1, 0.15) is 18.5 Å². The average Bonchev–Trinajstić information content (AvgIpc) is 2.94. The van der Waals surface area contributed by atoms with Gasteiger partial charge in [-0.1, -0.05) is 5.21 Å². The minimum Gasteiger partial charge on any atom is -0.487 e. The van der Waals surface area contributed by atoms with Crippen molar-refractivity contribution in [1.82, 2.24) is 15.0 Å². The van der Waals surface area contributed by atoms with E-state index in [1.165, 1.54) is 12.1 Å². The van der Waals surface area contributed by atoms with Gasteiger partial charge < -0.3 is 14.6 Å². The van der Waals surface area contributed by atoms with Gasteiger partial charge in [0.05, 0.1) is 24.9 Å². The number of aromatic nitrogens is 3. The quantitative estimate of drug-likeness (QED) is 0.907.